The van der Waals surface area contributed by atoms with E-state index >= 15 is 0 Å². The topological polar surface area (TPSA) is 158 Å². The summed E-state index contributed by atoms with van der Waals surface area (Å²) in [5, 5.41) is 6.91. The highest BCUT2D eigenvalue weighted by molar-refractivity contribution is 7.93. The number of sulfonamides is 1. The molecule has 1 aliphatic rings. The molecule has 0 saturated heterocycles. The summed E-state index contributed by atoms with van der Waals surface area (Å²) < 4.78 is 35.1. The van der Waals surface area contributed by atoms with E-state index in [4.69, 9.17) is 4.74 Å². The van der Waals surface area contributed by atoms with Crippen molar-refractivity contribution in [1.82, 2.24) is 20.3 Å². The molecule has 2 aromatic heterocycles. The second-order valence-electron chi connectivity index (χ2n) is 9.63. The summed E-state index contributed by atoms with van der Waals surface area (Å²) in [4.78, 5) is 38.0. The SMILES string of the molecule is CN(C)c1cccc2c(S(=O)(=O)Nc3c[nH]c4c(C(=O)NCc5ccc6c(c5)NC(=O)CO6)ncnc34)cccc12. The van der Waals surface area contributed by atoms with Crippen LogP contribution in [0.3, 0.4) is 0 Å². The van der Waals surface area contributed by atoms with Crippen LogP contribution in [0.2, 0.25) is 0 Å². The van der Waals surface area contributed by atoms with E-state index in [1.165, 1.54) is 12.5 Å². The first-order valence-corrected chi connectivity index (χ1v) is 14.1. The van der Waals surface area contributed by atoms with Gasteiger partial charge in [-0.05, 0) is 29.8 Å². The molecular formula is C28H25N7O5S. The van der Waals surface area contributed by atoms with Crippen molar-refractivity contribution >= 4 is 60.7 Å². The van der Waals surface area contributed by atoms with Crippen LogP contribution < -0.4 is 25.0 Å². The number of ether oxygens (including phenoxy) is 1. The van der Waals surface area contributed by atoms with Crippen molar-refractivity contribution in [2.75, 3.05) is 35.6 Å². The van der Waals surface area contributed by atoms with Crippen LogP contribution in [0.25, 0.3) is 21.8 Å². The molecule has 6 rings (SSSR count). The van der Waals surface area contributed by atoms with E-state index in [2.05, 4.69) is 30.3 Å². The Labute approximate surface area is 234 Å². The Kier molecular flexibility index (Phi) is 6.42. The molecule has 3 aromatic carbocycles. The fourth-order valence-electron chi connectivity index (χ4n) is 4.78. The Morgan fingerprint density at radius 1 is 1.07 bits per heavy atom. The van der Waals surface area contributed by atoms with Crippen molar-refractivity contribution < 1.29 is 22.7 Å². The number of carbonyl (C=O) groups is 2. The molecule has 41 heavy (non-hydrogen) atoms. The average Bonchev–Trinajstić information content (AvgIpc) is 3.37. The molecule has 13 heteroatoms. The third kappa shape index (κ3) is 4.87. The zero-order valence-corrected chi connectivity index (χ0v) is 22.9. The zero-order chi connectivity index (χ0) is 28.7. The Hall–Kier alpha value is -5.17. The van der Waals surface area contributed by atoms with Gasteiger partial charge in [0.2, 0.25) is 0 Å². The number of anilines is 3. The van der Waals surface area contributed by atoms with Gasteiger partial charge in [-0.3, -0.25) is 14.3 Å². The number of carbonyl (C=O) groups excluding carboxylic acids is 2. The highest BCUT2D eigenvalue weighted by atomic mass is 32.2. The van der Waals surface area contributed by atoms with Gasteiger partial charge in [-0.1, -0.05) is 30.3 Å². The minimum absolute atomic E-state index is 0.0413. The van der Waals surface area contributed by atoms with Gasteiger partial charge in [-0.25, -0.2) is 18.4 Å². The van der Waals surface area contributed by atoms with E-state index in [0.717, 1.165) is 16.6 Å². The quantitative estimate of drug-likeness (QED) is 0.232. The fraction of sp³-hybridized carbons (Fsp3) is 0.143. The van der Waals surface area contributed by atoms with Crippen molar-refractivity contribution in [3.05, 3.63) is 78.4 Å². The van der Waals surface area contributed by atoms with Gasteiger partial charge in [0.25, 0.3) is 21.8 Å². The van der Waals surface area contributed by atoms with E-state index in [0.29, 0.717) is 16.8 Å². The average molecular weight is 572 g/mol. The van der Waals surface area contributed by atoms with Crippen LogP contribution in [0.1, 0.15) is 16.1 Å². The lowest BCUT2D eigenvalue weighted by atomic mass is 10.1. The number of nitrogens with zero attached hydrogens (tertiary/aromatic N) is 3. The van der Waals surface area contributed by atoms with E-state index in [1.807, 2.05) is 37.2 Å². The molecule has 3 heterocycles. The number of aromatic amines is 1. The van der Waals surface area contributed by atoms with Gasteiger partial charge in [-0.2, -0.15) is 0 Å². The van der Waals surface area contributed by atoms with Gasteiger partial charge in [0, 0.05) is 43.3 Å². The number of nitrogens with one attached hydrogen (secondary N) is 4. The van der Waals surface area contributed by atoms with Crippen molar-refractivity contribution in [1.29, 1.82) is 0 Å². The Bertz CT molecular complexity index is 1950. The van der Waals surface area contributed by atoms with Crippen LogP contribution >= 0.6 is 0 Å². The van der Waals surface area contributed by atoms with Gasteiger partial charge >= 0.3 is 0 Å². The van der Waals surface area contributed by atoms with Crippen molar-refractivity contribution in [3.63, 3.8) is 0 Å². The molecule has 0 atom stereocenters. The van der Waals surface area contributed by atoms with Crippen LogP contribution in [0.4, 0.5) is 17.1 Å². The third-order valence-corrected chi connectivity index (χ3v) is 8.11. The van der Waals surface area contributed by atoms with E-state index in [9.17, 15) is 18.0 Å². The summed E-state index contributed by atoms with van der Waals surface area (Å²) in [7, 11) is -0.229. The first kappa shape index (κ1) is 26.1. The number of hydrogen-bond acceptors (Lipinski definition) is 8. The molecule has 4 N–H and O–H groups in total. The first-order chi connectivity index (χ1) is 19.7. The normalized spacial score (nSPS) is 12.9. The lowest BCUT2D eigenvalue weighted by molar-refractivity contribution is -0.118. The number of H-pyrrole nitrogens is 1. The lowest BCUT2D eigenvalue weighted by Crippen LogP contribution is -2.26. The van der Waals surface area contributed by atoms with E-state index in [-0.39, 0.29) is 46.4 Å². The molecule has 0 aliphatic carbocycles. The van der Waals surface area contributed by atoms with Crippen molar-refractivity contribution in [2.24, 2.45) is 0 Å². The van der Waals surface area contributed by atoms with Crippen LogP contribution in [-0.4, -0.2) is 55.9 Å². The maximum atomic E-state index is 13.5. The minimum Gasteiger partial charge on any atom is -0.482 e. The molecule has 208 valence electrons. The molecule has 0 radical (unpaired) electrons. The molecule has 0 fully saturated rings. The maximum Gasteiger partial charge on any atom is 0.272 e. The molecule has 0 spiro atoms. The largest absolute Gasteiger partial charge is 0.482 e. The predicted octanol–water partition coefficient (Wildman–Crippen LogP) is 3.24. The molecule has 5 aromatic rings. The van der Waals surface area contributed by atoms with Gasteiger partial charge in [-0.15, -0.1) is 0 Å². The Morgan fingerprint density at radius 3 is 2.71 bits per heavy atom. The first-order valence-electron chi connectivity index (χ1n) is 12.6. The maximum absolute atomic E-state index is 13.5. The van der Waals surface area contributed by atoms with Gasteiger partial charge < -0.3 is 25.3 Å². The van der Waals surface area contributed by atoms with E-state index in [1.54, 1.807) is 36.4 Å². The Balaban J connectivity index is 1.25. The minimum atomic E-state index is -4.02. The van der Waals surface area contributed by atoms with Crippen LogP contribution in [0.15, 0.2) is 72.0 Å². The second kappa shape index (κ2) is 10.1. The highest BCUT2D eigenvalue weighted by Gasteiger charge is 2.23. The molecule has 1 aliphatic heterocycles. The molecule has 0 saturated carbocycles. The number of hydrogen-bond donors (Lipinski definition) is 4. The molecule has 2 amide bonds. The summed E-state index contributed by atoms with van der Waals surface area (Å²) in [6.07, 6.45) is 2.64. The lowest BCUT2D eigenvalue weighted by Gasteiger charge is -2.18. The molecular weight excluding hydrogens is 546 g/mol. The van der Waals surface area contributed by atoms with Gasteiger partial charge in [0.1, 0.15) is 17.6 Å². The number of rotatable bonds is 7. The summed E-state index contributed by atoms with van der Waals surface area (Å²) in [6.45, 7) is 0.115. The number of aromatic nitrogens is 3. The monoisotopic (exact) mass is 571 g/mol. The highest BCUT2D eigenvalue weighted by Crippen LogP contribution is 2.32. The zero-order valence-electron chi connectivity index (χ0n) is 22.1. The smallest absolute Gasteiger partial charge is 0.272 e. The van der Waals surface area contributed by atoms with Gasteiger partial charge in [0.05, 0.1) is 21.8 Å². The van der Waals surface area contributed by atoms with E-state index < -0.39 is 15.9 Å². The third-order valence-electron chi connectivity index (χ3n) is 6.68. The van der Waals surface area contributed by atoms with Gasteiger partial charge in [0.15, 0.2) is 12.3 Å². The number of fused-ring (bicyclic) bond motifs is 3. The van der Waals surface area contributed by atoms with Crippen LogP contribution in [0, 0.1) is 0 Å². The number of amides is 2. The molecule has 0 unspecified atom stereocenters. The van der Waals surface area contributed by atoms with Crippen LogP contribution in [0.5, 0.6) is 5.75 Å². The fourth-order valence-corrected chi connectivity index (χ4v) is 6.06. The Morgan fingerprint density at radius 2 is 1.88 bits per heavy atom. The van der Waals surface area contributed by atoms with Crippen molar-refractivity contribution in [2.45, 2.75) is 11.4 Å². The molecule has 12 nitrogen and oxygen atoms in total. The summed E-state index contributed by atoms with van der Waals surface area (Å²) in [6, 6.07) is 15.8. The second-order valence-corrected chi connectivity index (χ2v) is 11.3. The summed E-state index contributed by atoms with van der Waals surface area (Å²) in [5.74, 6) is -0.184. The standard InChI is InChI=1S/C28H25N7O5S/c1-35(2)21-7-3-6-18-17(21)5-4-8-23(18)41(38,39)34-20-13-29-26-25(20)31-15-32-27(26)28(37)30-12-16-9-10-22-19(11-16)33-24(36)14-40-22/h3-11,13,15,29,34H,12,14H2,1-2H3,(H,30,37)(H,33,36). The number of benzene rings is 3. The van der Waals surface area contributed by atoms with Crippen molar-refractivity contribution in [3.8, 4) is 5.75 Å². The summed E-state index contributed by atoms with van der Waals surface area (Å²) in [5.41, 5.74) is 2.92. The van der Waals surface area contributed by atoms with Crippen LogP contribution in [-0.2, 0) is 21.4 Å². The predicted molar refractivity (Wildman–Crippen MR) is 155 cm³/mol. The summed E-state index contributed by atoms with van der Waals surface area (Å²) >= 11 is 0. The molecule has 0 bridgehead atoms.